The molecule has 0 spiro atoms. The summed E-state index contributed by atoms with van der Waals surface area (Å²) in [5.41, 5.74) is 2.52. The Balaban J connectivity index is 1.90. The van der Waals surface area contributed by atoms with Crippen LogP contribution < -0.4 is 0 Å². The van der Waals surface area contributed by atoms with Crippen LogP contribution in [0, 0.1) is 14.1 Å². The van der Waals surface area contributed by atoms with Crippen LogP contribution in [0.3, 0.4) is 0 Å². The first-order valence-electron chi connectivity index (χ1n) is 7.34. The lowest BCUT2D eigenvalue weighted by atomic mass is 10.1. The summed E-state index contributed by atoms with van der Waals surface area (Å²) < 4.78 is 1.65. The standard InChI is InChI=1S/C18H13I2NO3S/c1-10-4-2-3-5-11(10)9-21-17(23)15(25-18(21)24)7-12-6-13(19)8-14(20)16(12)22/h2-8,22H,9H2,1H3/b15-7-. The third-order valence-corrected chi connectivity index (χ3v) is 6.16. The van der Waals surface area contributed by atoms with Gasteiger partial charge in [0.2, 0.25) is 0 Å². The van der Waals surface area contributed by atoms with Gasteiger partial charge in [0.1, 0.15) is 5.75 Å². The predicted octanol–water partition coefficient (Wildman–Crippen LogP) is 5.15. The number of phenols is 1. The number of carbonyl (C=O) groups is 2. The number of phenolic OH excluding ortho intramolecular Hbond substituents is 1. The van der Waals surface area contributed by atoms with Crippen LogP contribution >= 0.6 is 56.9 Å². The van der Waals surface area contributed by atoms with Gasteiger partial charge >= 0.3 is 0 Å². The first-order chi connectivity index (χ1) is 11.9. The fraction of sp³-hybridized carbons (Fsp3) is 0.111. The van der Waals surface area contributed by atoms with Gasteiger partial charge in [-0.25, -0.2) is 0 Å². The summed E-state index contributed by atoms with van der Waals surface area (Å²) in [6.07, 6.45) is 1.59. The normalized spacial score (nSPS) is 16.1. The zero-order valence-electron chi connectivity index (χ0n) is 13.1. The van der Waals surface area contributed by atoms with E-state index in [4.69, 9.17) is 0 Å². The van der Waals surface area contributed by atoms with E-state index in [9.17, 15) is 14.7 Å². The first kappa shape index (κ1) is 18.7. The number of aromatic hydroxyl groups is 1. The molecule has 4 nitrogen and oxygen atoms in total. The molecule has 1 saturated heterocycles. The molecule has 128 valence electrons. The molecule has 0 bridgehead atoms. The molecular formula is C18H13I2NO3S. The van der Waals surface area contributed by atoms with Gasteiger partial charge in [0.15, 0.2) is 0 Å². The summed E-state index contributed by atoms with van der Waals surface area (Å²) in [5.74, 6) is -0.210. The second-order valence-electron chi connectivity index (χ2n) is 5.52. The Kier molecular flexibility index (Phi) is 5.74. The lowest BCUT2D eigenvalue weighted by molar-refractivity contribution is -0.123. The number of rotatable bonds is 3. The zero-order chi connectivity index (χ0) is 18.1. The van der Waals surface area contributed by atoms with Crippen LogP contribution in [0.15, 0.2) is 41.3 Å². The van der Waals surface area contributed by atoms with Crippen molar-refractivity contribution in [1.82, 2.24) is 4.90 Å². The quantitative estimate of drug-likeness (QED) is 0.406. The largest absolute Gasteiger partial charge is 0.506 e. The van der Waals surface area contributed by atoms with Gasteiger partial charge in [-0.1, -0.05) is 24.3 Å². The minimum Gasteiger partial charge on any atom is -0.506 e. The topological polar surface area (TPSA) is 57.6 Å². The van der Waals surface area contributed by atoms with Crippen molar-refractivity contribution in [2.24, 2.45) is 0 Å². The van der Waals surface area contributed by atoms with Crippen molar-refractivity contribution in [3.63, 3.8) is 0 Å². The number of aryl methyl sites for hydroxylation is 1. The third-order valence-electron chi connectivity index (χ3n) is 3.81. The molecule has 25 heavy (non-hydrogen) atoms. The zero-order valence-corrected chi connectivity index (χ0v) is 18.3. The highest BCUT2D eigenvalue weighted by molar-refractivity contribution is 14.1. The molecule has 0 atom stereocenters. The van der Waals surface area contributed by atoms with E-state index in [1.807, 2.05) is 59.8 Å². The summed E-state index contributed by atoms with van der Waals surface area (Å²) in [4.78, 5) is 26.5. The monoisotopic (exact) mass is 577 g/mol. The third kappa shape index (κ3) is 4.03. The number of thioether (sulfide) groups is 1. The average molecular weight is 577 g/mol. The van der Waals surface area contributed by atoms with E-state index in [2.05, 4.69) is 22.6 Å². The number of benzene rings is 2. The van der Waals surface area contributed by atoms with Gasteiger partial charge in [-0.05, 0) is 93.2 Å². The van der Waals surface area contributed by atoms with Crippen LogP contribution in [0.2, 0.25) is 0 Å². The molecule has 0 unspecified atom stereocenters. The van der Waals surface area contributed by atoms with Gasteiger partial charge in [-0.2, -0.15) is 0 Å². The minimum absolute atomic E-state index is 0.117. The maximum absolute atomic E-state index is 12.6. The van der Waals surface area contributed by atoms with E-state index in [-0.39, 0.29) is 23.4 Å². The van der Waals surface area contributed by atoms with Gasteiger partial charge in [0.25, 0.3) is 11.1 Å². The minimum atomic E-state index is -0.327. The molecule has 2 aromatic rings. The number of amides is 2. The maximum Gasteiger partial charge on any atom is 0.293 e. The van der Waals surface area contributed by atoms with E-state index >= 15 is 0 Å². The maximum atomic E-state index is 12.6. The first-order valence-corrected chi connectivity index (χ1v) is 10.3. The van der Waals surface area contributed by atoms with Crippen molar-refractivity contribution in [2.45, 2.75) is 13.5 Å². The van der Waals surface area contributed by atoms with Crippen LogP contribution in [-0.4, -0.2) is 21.2 Å². The molecule has 1 aliphatic heterocycles. The average Bonchev–Trinajstić information content (AvgIpc) is 2.81. The van der Waals surface area contributed by atoms with Crippen LogP contribution in [0.4, 0.5) is 4.79 Å². The highest BCUT2D eigenvalue weighted by Gasteiger charge is 2.35. The van der Waals surface area contributed by atoms with E-state index in [1.165, 1.54) is 4.90 Å². The number of hydrogen-bond donors (Lipinski definition) is 1. The van der Waals surface area contributed by atoms with E-state index in [0.717, 1.165) is 26.5 Å². The van der Waals surface area contributed by atoms with Crippen molar-refractivity contribution >= 4 is 74.2 Å². The molecule has 0 aliphatic carbocycles. The van der Waals surface area contributed by atoms with E-state index in [0.29, 0.717) is 14.0 Å². The van der Waals surface area contributed by atoms with Gasteiger partial charge in [0.05, 0.1) is 15.0 Å². The Hall–Kier alpha value is -1.07. The van der Waals surface area contributed by atoms with Crippen molar-refractivity contribution < 1.29 is 14.7 Å². The Morgan fingerprint density at radius 2 is 1.92 bits per heavy atom. The Bertz CT molecular complexity index is 911. The van der Waals surface area contributed by atoms with Crippen LogP contribution in [0.25, 0.3) is 6.08 Å². The number of carbonyl (C=O) groups excluding carboxylic acids is 2. The van der Waals surface area contributed by atoms with Gasteiger partial charge in [-0.3, -0.25) is 14.5 Å². The summed E-state index contributed by atoms with van der Waals surface area (Å²) >= 11 is 5.10. The van der Waals surface area contributed by atoms with Crippen molar-refractivity contribution in [3.8, 4) is 5.75 Å². The van der Waals surface area contributed by atoms with Crippen molar-refractivity contribution in [3.05, 3.63) is 65.1 Å². The lowest BCUT2D eigenvalue weighted by Gasteiger charge is -2.14. The predicted molar refractivity (Wildman–Crippen MR) is 116 cm³/mol. The molecule has 2 amide bonds. The Morgan fingerprint density at radius 1 is 1.20 bits per heavy atom. The molecular weight excluding hydrogens is 564 g/mol. The fourth-order valence-corrected chi connectivity index (χ4v) is 5.15. The summed E-state index contributed by atoms with van der Waals surface area (Å²) in [6.45, 7) is 2.21. The second-order valence-corrected chi connectivity index (χ2v) is 8.92. The lowest BCUT2D eigenvalue weighted by Crippen LogP contribution is -2.27. The molecule has 2 aromatic carbocycles. The summed E-state index contributed by atoms with van der Waals surface area (Å²) in [5, 5.41) is 9.91. The second kappa shape index (κ2) is 7.67. The Labute approximate surface area is 177 Å². The van der Waals surface area contributed by atoms with Gasteiger partial charge in [-0.15, -0.1) is 0 Å². The van der Waals surface area contributed by atoms with Crippen molar-refractivity contribution in [1.29, 1.82) is 0 Å². The number of hydrogen-bond acceptors (Lipinski definition) is 4. The molecule has 3 rings (SSSR count). The summed E-state index contributed by atoms with van der Waals surface area (Å²) in [7, 11) is 0. The highest BCUT2D eigenvalue weighted by atomic mass is 127. The van der Waals surface area contributed by atoms with Crippen molar-refractivity contribution in [2.75, 3.05) is 0 Å². The SMILES string of the molecule is Cc1ccccc1CN1C(=O)S/C(=C\c2cc(I)cc(I)c2O)C1=O. The smallest absolute Gasteiger partial charge is 0.293 e. The van der Waals surface area contributed by atoms with Crippen LogP contribution in [-0.2, 0) is 11.3 Å². The van der Waals surface area contributed by atoms with Gasteiger partial charge in [0, 0.05) is 9.13 Å². The molecule has 1 N–H and O–H groups in total. The van der Waals surface area contributed by atoms with Gasteiger partial charge < -0.3 is 5.11 Å². The molecule has 1 fully saturated rings. The van der Waals surface area contributed by atoms with Crippen LogP contribution in [0.1, 0.15) is 16.7 Å². The van der Waals surface area contributed by atoms with E-state index < -0.39 is 0 Å². The number of imide groups is 1. The van der Waals surface area contributed by atoms with Crippen LogP contribution in [0.5, 0.6) is 5.75 Å². The number of halogens is 2. The molecule has 1 heterocycles. The Morgan fingerprint density at radius 3 is 2.64 bits per heavy atom. The van der Waals surface area contributed by atoms with E-state index in [1.54, 1.807) is 12.1 Å². The molecule has 0 radical (unpaired) electrons. The number of nitrogens with zero attached hydrogens (tertiary/aromatic N) is 1. The molecule has 0 saturated carbocycles. The fourth-order valence-electron chi connectivity index (χ4n) is 2.43. The summed E-state index contributed by atoms with van der Waals surface area (Å²) in [6, 6.07) is 11.3. The molecule has 1 aliphatic rings. The molecule has 0 aromatic heterocycles. The molecule has 7 heteroatoms. The highest BCUT2D eigenvalue weighted by Crippen LogP contribution is 2.36.